The van der Waals surface area contributed by atoms with Crippen LogP contribution in [0.4, 0.5) is 22.1 Å². The summed E-state index contributed by atoms with van der Waals surface area (Å²) in [6.45, 7) is 5.87. The summed E-state index contributed by atoms with van der Waals surface area (Å²) < 4.78 is 10.6. The Bertz CT molecular complexity index is 817. The number of amides is 2. The SMILES string of the molecule is COc1ccc(NC(=O)N2CCN(c3cc(N4CCOCC4)ncn3)CC2)cc1. The smallest absolute Gasteiger partial charge is 0.321 e. The van der Waals surface area contributed by atoms with Crippen LogP contribution in [0.2, 0.25) is 0 Å². The molecule has 1 N–H and O–H groups in total. The van der Waals surface area contributed by atoms with Crippen LogP contribution in [-0.4, -0.2) is 80.5 Å². The van der Waals surface area contributed by atoms with Gasteiger partial charge in [-0.2, -0.15) is 0 Å². The van der Waals surface area contributed by atoms with Crippen molar-refractivity contribution in [1.29, 1.82) is 0 Å². The highest BCUT2D eigenvalue weighted by Crippen LogP contribution is 2.20. The number of benzene rings is 1. The van der Waals surface area contributed by atoms with Crippen LogP contribution in [0.15, 0.2) is 36.7 Å². The van der Waals surface area contributed by atoms with Crippen molar-refractivity contribution >= 4 is 23.4 Å². The lowest BCUT2D eigenvalue weighted by Gasteiger charge is -2.36. The third-order valence-corrected chi connectivity index (χ3v) is 5.21. The molecule has 29 heavy (non-hydrogen) atoms. The van der Waals surface area contributed by atoms with Gasteiger partial charge >= 0.3 is 6.03 Å². The summed E-state index contributed by atoms with van der Waals surface area (Å²) in [5, 5.41) is 2.94. The summed E-state index contributed by atoms with van der Waals surface area (Å²) in [5.41, 5.74) is 0.754. The van der Waals surface area contributed by atoms with Gasteiger partial charge in [0.15, 0.2) is 0 Å². The van der Waals surface area contributed by atoms with Crippen molar-refractivity contribution in [2.24, 2.45) is 0 Å². The van der Waals surface area contributed by atoms with E-state index in [-0.39, 0.29) is 6.03 Å². The lowest BCUT2D eigenvalue weighted by Crippen LogP contribution is -2.50. The number of piperazine rings is 1. The van der Waals surface area contributed by atoms with Crippen molar-refractivity contribution in [3.8, 4) is 5.75 Å². The van der Waals surface area contributed by atoms with Gasteiger partial charge < -0.3 is 29.5 Å². The molecule has 0 radical (unpaired) electrons. The Balaban J connectivity index is 1.32. The summed E-state index contributed by atoms with van der Waals surface area (Å²) in [4.78, 5) is 27.6. The zero-order valence-electron chi connectivity index (χ0n) is 16.6. The van der Waals surface area contributed by atoms with Crippen LogP contribution in [0, 0.1) is 0 Å². The van der Waals surface area contributed by atoms with E-state index in [1.807, 2.05) is 35.2 Å². The number of rotatable bonds is 4. The van der Waals surface area contributed by atoms with Gasteiger partial charge in [0, 0.05) is 51.0 Å². The van der Waals surface area contributed by atoms with Crippen LogP contribution in [-0.2, 0) is 4.74 Å². The first kappa shape index (κ1) is 19.3. The number of nitrogens with zero attached hydrogens (tertiary/aromatic N) is 5. The maximum atomic E-state index is 12.5. The van der Waals surface area contributed by atoms with E-state index in [4.69, 9.17) is 9.47 Å². The van der Waals surface area contributed by atoms with Crippen molar-refractivity contribution in [2.75, 3.05) is 74.7 Å². The molecule has 2 aliphatic heterocycles. The summed E-state index contributed by atoms with van der Waals surface area (Å²) in [7, 11) is 1.62. The number of aromatic nitrogens is 2. The molecular weight excluding hydrogens is 372 g/mol. The van der Waals surface area contributed by atoms with Crippen LogP contribution in [0.5, 0.6) is 5.75 Å². The van der Waals surface area contributed by atoms with E-state index in [1.165, 1.54) is 0 Å². The molecular formula is C20H26N6O3. The number of morpholine rings is 1. The zero-order chi connectivity index (χ0) is 20.1. The Morgan fingerprint density at radius 2 is 1.59 bits per heavy atom. The maximum Gasteiger partial charge on any atom is 0.321 e. The van der Waals surface area contributed by atoms with Crippen molar-refractivity contribution in [3.63, 3.8) is 0 Å². The minimum atomic E-state index is -0.0912. The largest absolute Gasteiger partial charge is 0.497 e. The minimum absolute atomic E-state index is 0.0912. The Kier molecular flexibility index (Phi) is 5.95. The minimum Gasteiger partial charge on any atom is -0.497 e. The van der Waals surface area contributed by atoms with Gasteiger partial charge in [0.1, 0.15) is 23.7 Å². The third-order valence-electron chi connectivity index (χ3n) is 5.21. The zero-order valence-corrected chi connectivity index (χ0v) is 16.6. The van der Waals surface area contributed by atoms with Gasteiger partial charge in [0.05, 0.1) is 20.3 Å². The summed E-state index contributed by atoms with van der Waals surface area (Å²) in [6.07, 6.45) is 1.61. The van der Waals surface area contributed by atoms with Crippen LogP contribution in [0.25, 0.3) is 0 Å². The van der Waals surface area contributed by atoms with E-state index in [9.17, 15) is 4.79 Å². The summed E-state index contributed by atoms with van der Waals surface area (Å²) >= 11 is 0. The highest BCUT2D eigenvalue weighted by Gasteiger charge is 2.23. The third kappa shape index (κ3) is 4.68. The topological polar surface area (TPSA) is 83.1 Å². The van der Waals surface area contributed by atoms with E-state index in [0.29, 0.717) is 13.1 Å². The number of nitrogens with one attached hydrogen (secondary N) is 1. The van der Waals surface area contributed by atoms with Crippen LogP contribution < -0.4 is 19.9 Å². The Morgan fingerprint density at radius 1 is 0.966 bits per heavy atom. The number of methoxy groups -OCH3 is 1. The first-order valence-corrected chi connectivity index (χ1v) is 9.82. The van der Waals surface area contributed by atoms with Crippen molar-refractivity contribution < 1.29 is 14.3 Å². The van der Waals surface area contributed by atoms with E-state index in [0.717, 1.165) is 62.5 Å². The average Bonchev–Trinajstić information content (AvgIpc) is 2.80. The van der Waals surface area contributed by atoms with Gasteiger partial charge in [0.2, 0.25) is 0 Å². The van der Waals surface area contributed by atoms with E-state index >= 15 is 0 Å². The molecule has 0 unspecified atom stereocenters. The maximum absolute atomic E-state index is 12.5. The van der Waals surface area contributed by atoms with Crippen LogP contribution >= 0.6 is 0 Å². The normalized spacial score (nSPS) is 17.2. The average molecular weight is 398 g/mol. The van der Waals surface area contributed by atoms with E-state index in [2.05, 4.69) is 25.1 Å². The molecule has 2 fully saturated rings. The molecule has 0 bridgehead atoms. The van der Waals surface area contributed by atoms with Crippen LogP contribution in [0.1, 0.15) is 0 Å². The van der Waals surface area contributed by atoms with Crippen molar-refractivity contribution in [1.82, 2.24) is 14.9 Å². The summed E-state index contributed by atoms with van der Waals surface area (Å²) in [5.74, 6) is 2.59. The monoisotopic (exact) mass is 398 g/mol. The predicted octanol–water partition coefficient (Wildman–Crippen LogP) is 1.68. The first-order valence-electron chi connectivity index (χ1n) is 9.82. The molecule has 1 aromatic heterocycles. The molecule has 2 saturated heterocycles. The number of hydrogen-bond donors (Lipinski definition) is 1. The van der Waals surface area contributed by atoms with Gasteiger partial charge in [0.25, 0.3) is 0 Å². The fourth-order valence-corrected chi connectivity index (χ4v) is 3.49. The number of ether oxygens (including phenoxy) is 2. The van der Waals surface area contributed by atoms with Gasteiger partial charge in [-0.3, -0.25) is 0 Å². The van der Waals surface area contributed by atoms with Crippen molar-refractivity contribution in [2.45, 2.75) is 0 Å². The van der Waals surface area contributed by atoms with Gasteiger partial charge in [-0.1, -0.05) is 0 Å². The predicted molar refractivity (Wildman–Crippen MR) is 111 cm³/mol. The highest BCUT2D eigenvalue weighted by molar-refractivity contribution is 5.89. The molecule has 2 aromatic rings. The molecule has 3 heterocycles. The fraction of sp³-hybridized carbons (Fsp3) is 0.450. The number of urea groups is 1. The van der Waals surface area contributed by atoms with Gasteiger partial charge in [-0.15, -0.1) is 0 Å². The molecule has 9 nitrogen and oxygen atoms in total. The highest BCUT2D eigenvalue weighted by atomic mass is 16.5. The fourth-order valence-electron chi connectivity index (χ4n) is 3.49. The number of carbonyl (C=O) groups excluding carboxylic acids is 1. The standard InChI is InChI=1S/C20H26N6O3/c1-28-17-4-2-16(3-5-17)23-20(27)26-8-6-24(7-9-26)18-14-19(22-15-21-18)25-10-12-29-13-11-25/h2-5,14-15H,6-13H2,1H3,(H,23,27). The Morgan fingerprint density at radius 3 is 2.21 bits per heavy atom. The molecule has 0 aliphatic carbocycles. The Hall–Kier alpha value is -3.07. The molecule has 0 atom stereocenters. The lowest BCUT2D eigenvalue weighted by molar-refractivity contribution is 0.122. The molecule has 154 valence electrons. The second-order valence-electron chi connectivity index (χ2n) is 6.97. The molecule has 2 amide bonds. The molecule has 0 spiro atoms. The van der Waals surface area contributed by atoms with Crippen molar-refractivity contribution in [3.05, 3.63) is 36.7 Å². The molecule has 0 saturated carbocycles. The van der Waals surface area contributed by atoms with Crippen LogP contribution in [0.3, 0.4) is 0 Å². The first-order chi connectivity index (χ1) is 14.2. The molecule has 4 rings (SSSR count). The number of anilines is 3. The second kappa shape index (κ2) is 8.95. The quantitative estimate of drug-likeness (QED) is 0.839. The summed E-state index contributed by atoms with van der Waals surface area (Å²) in [6, 6.07) is 9.26. The number of hydrogen-bond acceptors (Lipinski definition) is 7. The molecule has 1 aromatic carbocycles. The number of carbonyl (C=O) groups is 1. The van der Waals surface area contributed by atoms with Gasteiger partial charge in [-0.05, 0) is 24.3 Å². The molecule has 9 heteroatoms. The van der Waals surface area contributed by atoms with E-state index < -0.39 is 0 Å². The van der Waals surface area contributed by atoms with Gasteiger partial charge in [-0.25, -0.2) is 14.8 Å². The lowest BCUT2D eigenvalue weighted by atomic mass is 10.3. The van der Waals surface area contributed by atoms with E-state index in [1.54, 1.807) is 13.4 Å². The Labute approximate surface area is 170 Å². The molecule has 2 aliphatic rings. The second-order valence-corrected chi connectivity index (χ2v) is 6.97.